The topological polar surface area (TPSA) is 51.2 Å². The Kier molecular flexibility index (Phi) is 5.89. The van der Waals surface area contributed by atoms with E-state index in [9.17, 15) is 18.0 Å². The first-order valence-electron chi connectivity index (χ1n) is 8.57. The number of hydrogen-bond acceptors (Lipinski definition) is 3. The first-order chi connectivity index (χ1) is 12.8. The number of carbonyl (C=O) groups excluding carboxylic acids is 1. The molecule has 1 saturated carbocycles. The predicted octanol–water partition coefficient (Wildman–Crippen LogP) is 4.87. The van der Waals surface area contributed by atoms with Gasteiger partial charge in [0.15, 0.2) is 0 Å². The van der Waals surface area contributed by atoms with E-state index < -0.39 is 11.7 Å². The van der Waals surface area contributed by atoms with E-state index in [-0.39, 0.29) is 23.6 Å². The SMILES string of the molecule is O=C(NC1CCC(Oc2ccc(Cl)cn2)CC1)c1ccc(C(F)(F)F)cc1. The molecule has 0 atom stereocenters. The van der Waals surface area contributed by atoms with Gasteiger partial charge >= 0.3 is 6.18 Å². The molecule has 1 heterocycles. The van der Waals surface area contributed by atoms with Crippen LogP contribution in [0.3, 0.4) is 0 Å². The smallest absolute Gasteiger partial charge is 0.416 e. The highest BCUT2D eigenvalue weighted by molar-refractivity contribution is 6.30. The number of ether oxygens (including phenoxy) is 1. The zero-order valence-corrected chi connectivity index (χ0v) is 15.1. The number of alkyl halides is 3. The van der Waals surface area contributed by atoms with Crippen molar-refractivity contribution < 1.29 is 22.7 Å². The summed E-state index contributed by atoms with van der Waals surface area (Å²) in [5, 5.41) is 3.42. The fourth-order valence-corrected chi connectivity index (χ4v) is 3.12. The van der Waals surface area contributed by atoms with E-state index in [0.717, 1.165) is 37.8 Å². The summed E-state index contributed by atoms with van der Waals surface area (Å²) in [5.41, 5.74) is -0.556. The van der Waals surface area contributed by atoms with Crippen LogP contribution in [0.15, 0.2) is 42.6 Å². The maximum absolute atomic E-state index is 12.6. The van der Waals surface area contributed by atoms with Gasteiger partial charge in [-0.05, 0) is 56.0 Å². The molecule has 2 aromatic rings. The third-order valence-corrected chi connectivity index (χ3v) is 4.70. The molecule has 4 nitrogen and oxygen atoms in total. The van der Waals surface area contributed by atoms with Crippen LogP contribution in [0.1, 0.15) is 41.6 Å². The molecule has 1 fully saturated rings. The Morgan fingerprint density at radius 1 is 1.07 bits per heavy atom. The van der Waals surface area contributed by atoms with Crippen LogP contribution >= 0.6 is 11.6 Å². The fourth-order valence-electron chi connectivity index (χ4n) is 3.01. The summed E-state index contributed by atoms with van der Waals surface area (Å²) in [6.07, 6.45) is 0.0803. The lowest BCUT2D eigenvalue weighted by Gasteiger charge is -2.29. The number of amides is 1. The molecule has 144 valence electrons. The number of pyridine rings is 1. The van der Waals surface area contributed by atoms with Crippen LogP contribution in [0, 0.1) is 0 Å². The van der Waals surface area contributed by atoms with Crippen LogP contribution in [0.4, 0.5) is 13.2 Å². The maximum Gasteiger partial charge on any atom is 0.416 e. The number of nitrogens with zero attached hydrogens (tertiary/aromatic N) is 1. The van der Waals surface area contributed by atoms with Gasteiger partial charge in [-0.15, -0.1) is 0 Å². The van der Waals surface area contributed by atoms with E-state index in [1.54, 1.807) is 12.1 Å². The summed E-state index contributed by atoms with van der Waals surface area (Å²) >= 11 is 5.79. The fraction of sp³-hybridized carbons (Fsp3) is 0.368. The Morgan fingerprint density at radius 2 is 1.74 bits per heavy atom. The highest BCUT2D eigenvalue weighted by atomic mass is 35.5. The maximum atomic E-state index is 12.6. The van der Waals surface area contributed by atoms with E-state index in [1.807, 2.05) is 0 Å². The normalized spacial score (nSPS) is 20.1. The van der Waals surface area contributed by atoms with Gasteiger partial charge in [-0.1, -0.05) is 11.6 Å². The lowest BCUT2D eigenvalue weighted by Crippen LogP contribution is -2.39. The molecular formula is C19H18ClF3N2O2. The van der Waals surface area contributed by atoms with Crippen LogP contribution < -0.4 is 10.1 Å². The van der Waals surface area contributed by atoms with Gasteiger partial charge in [-0.2, -0.15) is 13.2 Å². The van der Waals surface area contributed by atoms with Crippen molar-refractivity contribution in [2.75, 3.05) is 0 Å². The third-order valence-electron chi connectivity index (χ3n) is 4.47. The van der Waals surface area contributed by atoms with Gasteiger partial charge in [-0.25, -0.2) is 4.98 Å². The van der Waals surface area contributed by atoms with Gasteiger partial charge in [0.05, 0.1) is 10.6 Å². The summed E-state index contributed by atoms with van der Waals surface area (Å²) < 4.78 is 43.6. The van der Waals surface area contributed by atoms with Crippen molar-refractivity contribution in [2.45, 2.75) is 44.0 Å². The molecule has 0 aliphatic heterocycles. The number of aromatic nitrogens is 1. The molecule has 1 aliphatic carbocycles. The van der Waals surface area contributed by atoms with Crippen LogP contribution in [0.2, 0.25) is 5.02 Å². The Morgan fingerprint density at radius 3 is 2.30 bits per heavy atom. The molecule has 1 aromatic carbocycles. The second-order valence-corrected chi connectivity index (χ2v) is 6.89. The summed E-state index contributed by atoms with van der Waals surface area (Å²) in [6.45, 7) is 0. The number of nitrogens with one attached hydrogen (secondary N) is 1. The molecule has 0 unspecified atom stereocenters. The quantitative estimate of drug-likeness (QED) is 0.799. The van der Waals surface area contributed by atoms with Crippen molar-refractivity contribution >= 4 is 17.5 Å². The van der Waals surface area contributed by atoms with Gasteiger partial charge in [0, 0.05) is 23.9 Å². The second kappa shape index (κ2) is 8.17. The second-order valence-electron chi connectivity index (χ2n) is 6.45. The molecule has 1 amide bonds. The first-order valence-corrected chi connectivity index (χ1v) is 8.95. The average molecular weight is 399 g/mol. The first kappa shape index (κ1) is 19.5. The molecule has 8 heteroatoms. The number of benzene rings is 1. The van der Waals surface area contributed by atoms with E-state index >= 15 is 0 Å². The van der Waals surface area contributed by atoms with E-state index in [0.29, 0.717) is 10.9 Å². The monoisotopic (exact) mass is 398 g/mol. The summed E-state index contributed by atoms with van der Waals surface area (Å²) in [5.74, 6) is 0.143. The molecule has 0 radical (unpaired) electrons. The number of rotatable bonds is 4. The highest BCUT2D eigenvalue weighted by Crippen LogP contribution is 2.29. The van der Waals surface area contributed by atoms with E-state index in [1.165, 1.54) is 18.3 Å². The minimum Gasteiger partial charge on any atom is -0.474 e. The summed E-state index contributed by atoms with van der Waals surface area (Å²) in [7, 11) is 0. The number of hydrogen-bond donors (Lipinski definition) is 1. The van der Waals surface area contributed by atoms with Crippen molar-refractivity contribution in [3.05, 3.63) is 58.7 Å². The number of carbonyl (C=O) groups is 1. The summed E-state index contributed by atoms with van der Waals surface area (Å²) in [4.78, 5) is 16.3. The van der Waals surface area contributed by atoms with Crippen molar-refractivity contribution in [1.82, 2.24) is 10.3 Å². The molecule has 0 saturated heterocycles. The highest BCUT2D eigenvalue weighted by Gasteiger charge is 2.30. The standard InChI is InChI=1S/C19H18ClF3N2O2/c20-14-5-10-17(24-11-14)27-16-8-6-15(7-9-16)25-18(26)12-1-3-13(4-2-12)19(21,22)23/h1-5,10-11,15-16H,6-9H2,(H,25,26). The Hall–Kier alpha value is -2.28. The van der Waals surface area contributed by atoms with Crippen molar-refractivity contribution in [3.63, 3.8) is 0 Å². The lowest BCUT2D eigenvalue weighted by molar-refractivity contribution is -0.137. The minimum absolute atomic E-state index is 0.0119. The Balaban J connectivity index is 1.48. The van der Waals surface area contributed by atoms with Crippen LogP contribution in [-0.4, -0.2) is 23.0 Å². The lowest BCUT2D eigenvalue weighted by atomic mass is 9.92. The van der Waals surface area contributed by atoms with Gasteiger partial charge in [0.2, 0.25) is 5.88 Å². The molecule has 0 spiro atoms. The molecule has 1 N–H and O–H groups in total. The Bertz CT molecular complexity index is 771. The van der Waals surface area contributed by atoms with Crippen molar-refractivity contribution in [2.24, 2.45) is 0 Å². The molecule has 3 rings (SSSR count). The van der Waals surface area contributed by atoms with Gasteiger partial charge in [0.25, 0.3) is 5.91 Å². The Labute approximate surface area is 159 Å². The minimum atomic E-state index is -4.41. The molecule has 0 bridgehead atoms. The predicted molar refractivity (Wildman–Crippen MR) is 94.8 cm³/mol. The average Bonchev–Trinajstić information content (AvgIpc) is 2.64. The molecule has 1 aliphatic rings. The molecule has 27 heavy (non-hydrogen) atoms. The van der Waals surface area contributed by atoms with Gasteiger partial charge in [-0.3, -0.25) is 4.79 Å². The zero-order chi connectivity index (χ0) is 19.4. The van der Waals surface area contributed by atoms with Crippen molar-refractivity contribution in [3.8, 4) is 5.88 Å². The van der Waals surface area contributed by atoms with Crippen LogP contribution in [-0.2, 0) is 6.18 Å². The van der Waals surface area contributed by atoms with Crippen LogP contribution in [0.5, 0.6) is 5.88 Å². The third kappa shape index (κ3) is 5.35. The number of halogens is 4. The molecule has 1 aromatic heterocycles. The largest absolute Gasteiger partial charge is 0.474 e. The molecular weight excluding hydrogens is 381 g/mol. The van der Waals surface area contributed by atoms with Gasteiger partial charge in [0.1, 0.15) is 6.10 Å². The zero-order valence-electron chi connectivity index (χ0n) is 14.3. The summed E-state index contributed by atoms with van der Waals surface area (Å²) in [6, 6.07) is 7.61. The van der Waals surface area contributed by atoms with Crippen molar-refractivity contribution in [1.29, 1.82) is 0 Å². The van der Waals surface area contributed by atoms with Crippen LogP contribution in [0.25, 0.3) is 0 Å². The van der Waals surface area contributed by atoms with E-state index in [4.69, 9.17) is 16.3 Å². The van der Waals surface area contributed by atoms with Gasteiger partial charge < -0.3 is 10.1 Å². The van der Waals surface area contributed by atoms with E-state index in [2.05, 4.69) is 10.3 Å².